The van der Waals surface area contributed by atoms with Gasteiger partial charge in [-0.1, -0.05) is 27.2 Å². The van der Waals surface area contributed by atoms with E-state index in [4.69, 9.17) is 9.72 Å². The summed E-state index contributed by atoms with van der Waals surface area (Å²) in [6, 6.07) is 2.21. The number of carbonyl (C=O) groups is 2. The van der Waals surface area contributed by atoms with E-state index in [1.54, 1.807) is 0 Å². The lowest BCUT2D eigenvalue weighted by atomic mass is 9.90. The molecule has 10 heteroatoms. The van der Waals surface area contributed by atoms with Gasteiger partial charge in [0.2, 0.25) is 5.91 Å². The number of hydrogen-bond donors (Lipinski definition) is 2. The van der Waals surface area contributed by atoms with Crippen molar-refractivity contribution < 1.29 is 24.5 Å². The number of pyridine rings is 1. The first-order chi connectivity index (χ1) is 18.5. The van der Waals surface area contributed by atoms with Gasteiger partial charge in [-0.05, 0) is 45.2 Å². The van der Waals surface area contributed by atoms with Gasteiger partial charge in [0.05, 0.1) is 43.4 Å². The van der Waals surface area contributed by atoms with Crippen LogP contribution in [0.2, 0.25) is 0 Å². The number of piperazine rings is 1. The molecule has 0 aromatic carbocycles. The molecule has 0 saturated carbocycles. The van der Waals surface area contributed by atoms with Crippen molar-refractivity contribution in [2.24, 2.45) is 0 Å². The van der Waals surface area contributed by atoms with Crippen LogP contribution >= 0.6 is 0 Å². The Hall–Kier alpha value is -2.27. The smallest absolute Gasteiger partial charge is 0.407 e. The molecular weight excluding hydrogens is 498 g/mol. The topological polar surface area (TPSA) is 110 Å². The first kappa shape index (κ1) is 29.7. The summed E-state index contributed by atoms with van der Waals surface area (Å²) in [6.45, 7) is 16.0. The van der Waals surface area contributed by atoms with Crippen LogP contribution in [0.15, 0.2) is 6.07 Å². The van der Waals surface area contributed by atoms with Crippen molar-refractivity contribution >= 4 is 17.7 Å². The third-order valence-corrected chi connectivity index (χ3v) is 8.72. The number of anilines is 1. The van der Waals surface area contributed by atoms with E-state index in [9.17, 15) is 19.8 Å². The van der Waals surface area contributed by atoms with Gasteiger partial charge >= 0.3 is 6.09 Å². The Morgan fingerprint density at radius 1 is 1.13 bits per heavy atom. The molecule has 39 heavy (non-hydrogen) atoms. The molecule has 218 valence electrons. The number of nitrogens with zero attached hydrogens (tertiary/aromatic N) is 5. The number of aryl methyl sites for hydroxylation is 1. The average molecular weight is 546 g/mol. The predicted molar refractivity (Wildman–Crippen MR) is 150 cm³/mol. The fourth-order valence-corrected chi connectivity index (χ4v) is 6.42. The largest absolute Gasteiger partial charge is 0.465 e. The van der Waals surface area contributed by atoms with Gasteiger partial charge in [-0.25, -0.2) is 4.79 Å². The van der Waals surface area contributed by atoms with Crippen LogP contribution in [0.4, 0.5) is 10.5 Å². The van der Waals surface area contributed by atoms with E-state index in [0.29, 0.717) is 45.1 Å². The van der Waals surface area contributed by atoms with Crippen LogP contribution in [0.3, 0.4) is 0 Å². The van der Waals surface area contributed by atoms with E-state index in [0.717, 1.165) is 36.2 Å². The quantitative estimate of drug-likeness (QED) is 0.513. The lowest BCUT2D eigenvalue weighted by Gasteiger charge is -2.48. The van der Waals surface area contributed by atoms with Crippen LogP contribution in [-0.2, 0) is 28.0 Å². The summed E-state index contributed by atoms with van der Waals surface area (Å²) < 4.78 is 5.71. The minimum Gasteiger partial charge on any atom is -0.465 e. The first-order valence-electron chi connectivity index (χ1n) is 14.5. The molecule has 3 aliphatic rings. The SMILES string of the molecule is CCCCc1cc2c(nc1CO)C(C)(C)CN2C(=O)CN1C[C@@H](C)N(C(=O)O)C[C@@H]1CN1[C@H](C)COC[C@H]1C. The Balaban J connectivity index is 1.59. The van der Waals surface area contributed by atoms with E-state index in [1.165, 1.54) is 4.90 Å². The van der Waals surface area contributed by atoms with Gasteiger partial charge in [0.15, 0.2) is 0 Å². The second-order valence-electron chi connectivity index (χ2n) is 12.4. The van der Waals surface area contributed by atoms with E-state index in [-0.39, 0.29) is 48.6 Å². The van der Waals surface area contributed by atoms with Gasteiger partial charge in [0.1, 0.15) is 0 Å². The van der Waals surface area contributed by atoms with Crippen LogP contribution < -0.4 is 4.90 Å². The molecule has 2 saturated heterocycles. The molecule has 0 radical (unpaired) electrons. The van der Waals surface area contributed by atoms with Gasteiger partial charge < -0.3 is 24.7 Å². The number of aliphatic hydroxyl groups excluding tert-OH is 1. The molecule has 0 aliphatic carbocycles. The van der Waals surface area contributed by atoms with Crippen LogP contribution in [0.25, 0.3) is 0 Å². The van der Waals surface area contributed by atoms with Crippen molar-refractivity contribution in [3.63, 3.8) is 0 Å². The molecule has 2 amide bonds. The standard InChI is InChI=1S/C29H47N5O5/c1-7-8-9-22-10-25-27(30-24(22)15-35)29(5,6)18-34(25)26(36)14-31-11-19(2)33(28(37)38)13-23(31)12-32-20(3)16-39-17-21(32)4/h10,19-21,23,35H,7-9,11-18H2,1-6H3,(H,37,38)/t19-,20-,21-,23+/m1/s1. The molecule has 0 spiro atoms. The zero-order valence-corrected chi connectivity index (χ0v) is 24.5. The molecule has 1 aromatic heterocycles. The normalized spacial score (nSPS) is 27.6. The van der Waals surface area contributed by atoms with Crippen molar-refractivity contribution in [3.05, 3.63) is 23.0 Å². The number of carbonyl (C=O) groups excluding carboxylic acids is 1. The lowest BCUT2D eigenvalue weighted by molar-refractivity contribution is -0.122. The number of carboxylic acid groups (broad SMARTS) is 1. The number of rotatable bonds is 8. The maximum Gasteiger partial charge on any atom is 0.407 e. The van der Waals surface area contributed by atoms with Crippen LogP contribution in [0, 0.1) is 0 Å². The Labute approximate surface area is 232 Å². The van der Waals surface area contributed by atoms with Gasteiger partial charge in [-0.3, -0.25) is 19.6 Å². The van der Waals surface area contributed by atoms with Crippen molar-refractivity contribution in [2.75, 3.05) is 50.8 Å². The lowest BCUT2D eigenvalue weighted by Crippen LogP contribution is -2.64. The van der Waals surface area contributed by atoms with E-state index < -0.39 is 6.09 Å². The third-order valence-electron chi connectivity index (χ3n) is 8.72. The fraction of sp³-hybridized carbons (Fsp3) is 0.759. The Kier molecular flexibility index (Phi) is 9.20. The van der Waals surface area contributed by atoms with E-state index >= 15 is 0 Å². The van der Waals surface area contributed by atoms with Crippen LogP contribution in [0.1, 0.15) is 71.3 Å². The molecule has 4 rings (SSSR count). The summed E-state index contributed by atoms with van der Waals surface area (Å²) in [5.74, 6) is 0.00543. The Morgan fingerprint density at radius 2 is 1.82 bits per heavy atom. The van der Waals surface area contributed by atoms with Crippen LogP contribution in [0.5, 0.6) is 0 Å². The number of aliphatic hydroxyl groups is 1. The predicted octanol–water partition coefficient (Wildman–Crippen LogP) is 2.70. The maximum atomic E-state index is 14.0. The summed E-state index contributed by atoms with van der Waals surface area (Å²) in [6.07, 6.45) is 1.94. The molecule has 0 unspecified atom stereocenters. The van der Waals surface area contributed by atoms with Crippen molar-refractivity contribution in [3.8, 4) is 0 Å². The molecule has 0 bridgehead atoms. The highest BCUT2D eigenvalue weighted by atomic mass is 16.5. The van der Waals surface area contributed by atoms with Gasteiger partial charge in [0, 0.05) is 55.8 Å². The number of aromatic nitrogens is 1. The fourth-order valence-electron chi connectivity index (χ4n) is 6.42. The molecule has 4 heterocycles. The van der Waals surface area contributed by atoms with E-state index in [1.807, 2.05) is 11.8 Å². The highest BCUT2D eigenvalue weighted by Gasteiger charge is 2.43. The Morgan fingerprint density at radius 3 is 2.44 bits per heavy atom. The van der Waals surface area contributed by atoms with E-state index in [2.05, 4.69) is 50.5 Å². The number of unbranched alkanes of at least 4 members (excludes halogenated alkanes) is 1. The number of morpholine rings is 1. The summed E-state index contributed by atoms with van der Waals surface area (Å²) in [7, 11) is 0. The molecule has 2 fully saturated rings. The van der Waals surface area contributed by atoms with Crippen molar-refractivity contribution in [1.29, 1.82) is 0 Å². The van der Waals surface area contributed by atoms with Crippen molar-refractivity contribution in [2.45, 2.75) is 97.0 Å². The summed E-state index contributed by atoms with van der Waals surface area (Å²) in [4.78, 5) is 38.8. The zero-order valence-electron chi connectivity index (χ0n) is 24.5. The van der Waals surface area contributed by atoms with Crippen LogP contribution in [-0.4, -0.2) is 112 Å². The van der Waals surface area contributed by atoms with Crippen molar-refractivity contribution in [1.82, 2.24) is 19.7 Å². The van der Waals surface area contributed by atoms with Gasteiger partial charge in [-0.15, -0.1) is 0 Å². The third kappa shape index (κ3) is 6.24. The molecule has 1 aromatic rings. The molecule has 2 N–H and O–H groups in total. The number of ether oxygens (including phenoxy) is 1. The second kappa shape index (κ2) is 12.1. The number of fused-ring (bicyclic) bond motifs is 1. The minimum atomic E-state index is -0.915. The van der Waals surface area contributed by atoms with Gasteiger partial charge in [0.25, 0.3) is 0 Å². The Bertz CT molecular complexity index is 1040. The number of hydrogen-bond acceptors (Lipinski definition) is 7. The van der Waals surface area contributed by atoms with Gasteiger partial charge in [-0.2, -0.15) is 0 Å². The minimum absolute atomic E-state index is 0.00543. The molecular formula is C29H47N5O5. The zero-order chi connectivity index (χ0) is 28.5. The molecule has 4 atom stereocenters. The average Bonchev–Trinajstić information content (AvgIpc) is 3.15. The molecule has 3 aliphatic heterocycles. The summed E-state index contributed by atoms with van der Waals surface area (Å²) >= 11 is 0. The first-order valence-corrected chi connectivity index (χ1v) is 14.5. The summed E-state index contributed by atoms with van der Waals surface area (Å²) in [5.41, 5.74) is 3.09. The highest BCUT2D eigenvalue weighted by Crippen LogP contribution is 2.40. The highest BCUT2D eigenvalue weighted by molar-refractivity contribution is 5.97. The second-order valence-corrected chi connectivity index (χ2v) is 12.4. The monoisotopic (exact) mass is 545 g/mol. The summed E-state index contributed by atoms with van der Waals surface area (Å²) in [5, 5.41) is 19.8. The number of amides is 2. The molecule has 10 nitrogen and oxygen atoms in total. The maximum absolute atomic E-state index is 14.0.